The fraction of sp³-hybridized carbons (Fsp3) is 0.900. The Morgan fingerprint density at radius 2 is 2.06 bits per heavy atom. The summed E-state index contributed by atoms with van der Waals surface area (Å²) in [7, 11) is 0. The maximum Gasteiger partial charge on any atom is 0.209 e. The smallest absolute Gasteiger partial charge is 0.209 e. The number of aliphatic hydroxyl groups excluding tert-OH is 1. The second kappa shape index (κ2) is 5.79. The van der Waals surface area contributed by atoms with E-state index < -0.39 is 5.60 Å². The summed E-state index contributed by atoms with van der Waals surface area (Å²) in [5, 5.41) is 31.1. The van der Waals surface area contributed by atoms with Crippen LogP contribution in [0.3, 0.4) is 0 Å². The van der Waals surface area contributed by atoms with Gasteiger partial charge in [-0.2, -0.15) is 0 Å². The van der Waals surface area contributed by atoms with Crippen LogP contribution in [-0.4, -0.2) is 48.4 Å². The van der Waals surface area contributed by atoms with E-state index in [9.17, 15) is 5.11 Å². The van der Waals surface area contributed by atoms with Crippen molar-refractivity contribution in [3.8, 4) is 0 Å². The zero-order valence-electron chi connectivity index (χ0n) is 9.75. The van der Waals surface area contributed by atoms with Gasteiger partial charge in [-0.3, -0.25) is 0 Å². The molecule has 1 aromatic rings. The predicted molar refractivity (Wildman–Crippen MR) is 63.7 cm³/mol. The molecule has 0 radical (unpaired) electrons. The zero-order chi connectivity index (χ0) is 12.1. The Bertz CT molecular complexity index is 352. The SMILES string of the molecule is OCCn1nnnc1SCC1(O)CCCCC1. The molecule has 1 saturated carbocycles. The summed E-state index contributed by atoms with van der Waals surface area (Å²) in [5.41, 5.74) is -0.571. The number of aliphatic hydroxyl groups is 2. The number of thioether (sulfide) groups is 1. The van der Waals surface area contributed by atoms with Crippen LogP contribution in [0.4, 0.5) is 0 Å². The Balaban J connectivity index is 1.90. The van der Waals surface area contributed by atoms with Gasteiger partial charge in [-0.05, 0) is 23.3 Å². The molecule has 0 saturated heterocycles. The molecule has 0 atom stereocenters. The molecule has 1 fully saturated rings. The first-order valence-corrected chi connectivity index (χ1v) is 6.94. The highest BCUT2D eigenvalue weighted by Crippen LogP contribution is 2.32. The molecule has 1 aliphatic carbocycles. The lowest BCUT2D eigenvalue weighted by Gasteiger charge is -2.31. The minimum absolute atomic E-state index is 0.0167. The Kier molecular flexibility index (Phi) is 4.36. The van der Waals surface area contributed by atoms with Crippen LogP contribution >= 0.6 is 11.8 Å². The molecule has 6 nitrogen and oxygen atoms in total. The van der Waals surface area contributed by atoms with Crippen molar-refractivity contribution >= 4 is 11.8 Å². The minimum Gasteiger partial charge on any atom is -0.394 e. The molecular weight excluding hydrogens is 240 g/mol. The Morgan fingerprint density at radius 3 is 2.76 bits per heavy atom. The van der Waals surface area contributed by atoms with E-state index in [1.807, 2.05) is 0 Å². The summed E-state index contributed by atoms with van der Waals surface area (Å²) in [4.78, 5) is 0. The average Bonchev–Trinajstić information content (AvgIpc) is 2.76. The van der Waals surface area contributed by atoms with E-state index in [1.54, 1.807) is 4.68 Å². The molecule has 0 amide bonds. The van der Waals surface area contributed by atoms with Crippen LogP contribution in [0.1, 0.15) is 32.1 Å². The molecule has 0 bridgehead atoms. The summed E-state index contributed by atoms with van der Waals surface area (Å²) < 4.78 is 1.57. The van der Waals surface area contributed by atoms with Gasteiger partial charge in [0.1, 0.15) is 0 Å². The van der Waals surface area contributed by atoms with Gasteiger partial charge in [0.05, 0.1) is 18.8 Å². The fourth-order valence-corrected chi connectivity index (χ4v) is 3.15. The van der Waals surface area contributed by atoms with E-state index in [1.165, 1.54) is 18.2 Å². The van der Waals surface area contributed by atoms with E-state index in [-0.39, 0.29) is 6.61 Å². The molecule has 1 aromatic heterocycles. The number of tetrazole rings is 1. The van der Waals surface area contributed by atoms with Gasteiger partial charge in [-0.1, -0.05) is 31.0 Å². The topological polar surface area (TPSA) is 84.1 Å². The number of hydrogen-bond acceptors (Lipinski definition) is 6. The highest BCUT2D eigenvalue weighted by atomic mass is 32.2. The van der Waals surface area contributed by atoms with Gasteiger partial charge in [0, 0.05) is 5.75 Å². The number of rotatable bonds is 5. The summed E-state index contributed by atoms with van der Waals surface area (Å²) in [6.45, 7) is 0.413. The standard InChI is InChI=1S/C10H18N4O2S/c15-7-6-14-9(11-12-13-14)17-8-10(16)4-2-1-3-5-10/h15-16H,1-8H2. The van der Waals surface area contributed by atoms with Crippen molar-refractivity contribution in [3.05, 3.63) is 0 Å². The lowest BCUT2D eigenvalue weighted by molar-refractivity contribution is 0.0272. The highest BCUT2D eigenvalue weighted by Gasteiger charge is 2.29. The van der Waals surface area contributed by atoms with Gasteiger partial charge in [0.2, 0.25) is 5.16 Å². The van der Waals surface area contributed by atoms with Crippen molar-refractivity contribution < 1.29 is 10.2 Å². The van der Waals surface area contributed by atoms with Crippen LogP contribution in [0, 0.1) is 0 Å². The van der Waals surface area contributed by atoms with Crippen molar-refractivity contribution in [2.24, 2.45) is 0 Å². The van der Waals surface area contributed by atoms with Crippen LogP contribution in [0.15, 0.2) is 5.16 Å². The van der Waals surface area contributed by atoms with Gasteiger partial charge in [0.15, 0.2) is 0 Å². The number of aromatic nitrogens is 4. The maximum atomic E-state index is 10.3. The third kappa shape index (κ3) is 3.40. The molecule has 2 rings (SSSR count). The van der Waals surface area contributed by atoms with Gasteiger partial charge in [-0.25, -0.2) is 4.68 Å². The summed E-state index contributed by atoms with van der Waals surface area (Å²) in [6.07, 6.45) is 5.13. The van der Waals surface area contributed by atoms with E-state index in [0.717, 1.165) is 25.7 Å². The molecule has 1 aliphatic rings. The first kappa shape index (κ1) is 12.8. The van der Waals surface area contributed by atoms with Crippen molar-refractivity contribution in [2.75, 3.05) is 12.4 Å². The molecule has 0 spiro atoms. The van der Waals surface area contributed by atoms with E-state index >= 15 is 0 Å². The lowest BCUT2D eigenvalue weighted by Crippen LogP contribution is -2.34. The quantitative estimate of drug-likeness (QED) is 0.746. The molecule has 0 aromatic carbocycles. The van der Waals surface area contributed by atoms with E-state index in [2.05, 4.69) is 15.5 Å². The molecule has 0 unspecified atom stereocenters. The van der Waals surface area contributed by atoms with Crippen LogP contribution in [0.5, 0.6) is 0 Å². The average molecular weight is 258 g/mol. The highest BCUT2D eigenvalue weighted by molar-refractivity contribution is 7.99. The molecule has 1 heterocycles. The zero-order valence-corrected chi connectivity index (χ0v) is 10.6. The second-order valence-corrected chi connectivity index (χ2v) is 5.42. The van der Waals surface area contributed by atoms with Gasteiger partial charge < -0.3 is 10.2 Å². The number of hydrogen-bond donors (Lipinski definition) is 2. The Morgan fingerprint density at radius 1 is 1.29 bits per heavy atom. The van der Waals surface area contributed by atoms with Gasteiger partial charge in [0.25, 0.3) is 0 Å². The third-order valence-corrected chi connectivity index (χ3v) is 4.30. The van der Waals surface area contributed by atoms with Gasteiger partial charge >= 0.3 is 0 Å². The van der Waals surface area contributed by atoms with E-state index in [0.29, 0.717) is 17.5 Å². The van der Waals surface area contributed by atoms with Crippen LogP contribution in [-0.2, 0) is 6.54 Å². The Hall–Kier alpha value is -0.660. The van der Waals surface area contributed by atoms with Crippen LogP contribution < -0.4 is 0 Å². The first-order chi connectivity index (χ1) is 8.23. The van der Waals surface area contributed by atoms with Crippen molar-refractivity contribution in [2.45, 2.75) is 49.4 Å². The second-order valence-electron chi connectivity index (χ2n) is 4.48. The van der Waals surface area contributed by atoms with E-state index in [4.69, 9.17) is 5.11 Å². The predicted octanol–water partition coefficient (Wildman–Crippen LogP) is 0.453. The van der Waals surface area contributed by atoms with Gasteiger partial charge in [-0.15, -0.1) is 5.10 Å². The summed E-state index contributed by atoms with van der Waals surface area (Å²) in [5.74, 6) is 0.624. The minimum atomic E-state index is -0.571. The molecule has 0 aliphatic heterocycles. The van der Waals surface area contributed by atoms with Crippen molar-refractivity contribution in [1.82, 2.24) is 20.2 Å². The first-order valence-electron chi connectivity index (χ1n) is 5.96. The molecule has 17 heavy (non-hydrogen) atoms. The lowest BCUT2D eigenvalue weighted by atomic mass is 9.86. The molecule has 7 heteroatoms. The monoisotopic (exact) mass is 258 g/mol. The van der Waals surface area contributed by atoms with Crippen LogP contribution in [0.25, 0.3) is 0 Å². The largest absolute Gasteiger partial charge is 0.394 e. The maximum absolute atomic E-state index is 10.3. The number of nitrogens with zero attached hydrogens (tertiary/aromatic N) is 4. The normalized spacial score (nSPS) is 19.4. The molecule has 96 valence electrons. The summed E-state index contributed by atoms with van der Waals surface area (Å²) >= 11 is 1.46. The Labute approximate surface area is 104 Å². The molecule has 2 N–H and O–H groups in total. The summed E-state index contributed by atoms with van der Waals surface area (Å²) in [6, 6.07) is 0. The third-order valence-electron chi connectivity index (χ3n) is 3.07. The van der Waals surface area contributed by atoms with Crippen molar-refractivity contribution in [3.63, 3.8) is 0 Å². The molecular formula is C10H18N4O2S. The van der Waals surface area contributed by atoms with Crippen LogP contribution in [0.2, 0.25) is 0 Å². The fourth-order valence-electron chi connectivity index (χ4n) is 2.09. The van der Waals surface area contributed by atoms with Crippen molar-refractivity contribution in [1.29, 1.82) is 0 Å².